The molecule has 18 heavy (non-hydrogen) atoms. The maximum atomic E-state index is 11.9. The molecule has 1 aliphatic heterocycles. The topological polar surface area (TPSA) is 98.7 Å². The van der Waals surface area contributed by atoms with Gasteiger partial charge in [-0.2, -0.15) is 0 Å². The molecule has 6 heteroatoms. The molecule has 1 amide bonds. The van der Waals surface area contributed by atoms with E-state index in [0.717, 1.165) is 32.2 Å². The zero-order valence-electron chi connectivity index (χ0n) is 10.5. The van der Waals surface area contributed by atoms with Crippen molar-refractivity contribution in [2.45, 2.75) is 50.6 Å². The van der Waals surface area contributed by atoms with Crippen molar-refractivity contribution in [2.24, 2.45) is 0 Å². The van der Waals surface area contributed by atoms with Crippen LogP contribution in [0.2, 0.25) is 0 Å². The molecule has 2 atom stereocenters. The Hall–Kier alpha value is -1.14. The van der Waals surface area contributed by atoms with Crippen LogP contribution in [0.5, 0.6) is 0 Å². The lowest BCUT2D eigenvalue weighted by molar-refractivity contribution is -0.142. The Balaban J connectivity index is 2.47. The Morgan fingerprint density at radius 2 is 2.00 bits per heavy atom. The van der Waals surface area contributed by atoms with Crippen LogP contribution >= 0.6 is 0 Å². The van der Waals surface area contributed by atoms with Gasteiger partial charge >= 0.3 is 5.97 Å². The van der Waals surface area contributed by atoms with Crippen LogP contribution in [-0.2, 0) is 9.59 Å². The highest BCUT2D eigenvalue weighted by molar-refractivity contribution is 5.86. The molecule has 4 N–H and O–H groups in total. The molecule has 6 nitrogen and oxygen atoms in total. The summed E-state index contributed by atoms with van der Waals surface area (Å²) >= 11 is 0. The van der Waals surface area contributed by atoms with Crippen molar-refractivity contribution >= 4 is 11.9 Å². The zero-order valence-corrected chi connectivity index (χ0v) is 10.5. The Labute approximate surface area is 107 Å². The molecule has 104 valence electrons. The highest BCUT2D eigenvalue weighted by Crippen LogP contribution is 2.10. The second-order valence-corrected chi connectivity index (χ2v) is 4.62. The van der Waals surface area contributed by atoms with Gasteiger partial charge in [0.25, 0.3) is 0 Å². The molecule has 0 bridgehead atoms. The van der Waals surface area contributed by atoms with Crippen LogP contribution in [-0.4, -0.2) is 47.3 Å². The summed E-state index contributed by atoms with van der Waals surface area (Å²) in [4.78, 5) is 22.8. The molecule has 0 spiro atoms. The summed E-state index contributed by atoms with van der Waals surface area (Å²) in [5.41, 5.74) is 0. The van der Waals surface area contributed by atoms with Gasteiger partial charge in [0.1, 0.15) is 6.04 Å². The average Bonchev–Trinajstić information content (AvgIpc) is 2.27. The minimum Gasteiger partial charge on any atom is -0.480 e. The SMILES string of the molecule is O=C(N[C@H](CCO)C(=O)O)C1CCCCCCN1. The number of carbonyl (C=O) groups excluding carboxylic acids is 1. The molecule has 0 aromatic carbocycles. The van der Waals surface area contributed by atoms with Crippen LogP contribution in [0.3, 0.4) is 0 Å². The normalized spacial score (nSPS) is 22.6. The first kappa shape index (κ1) is 14.9. The van der Waals surface area contributed by atoms with E-state index in [2.05, 4.69) is 10.6 Å². The predicted octanol–water partition coefficient (Wildman–Crippen LogP) is -0.139. The van der Waals surface area contributed by atoms with Gasteiger partial charge in [0, 0.05) is 13.0 Å². The largest absolute Gasteiger partial charge is 0.480 e. The van der Waals surface area contributed by atoms with Crippen LogP contribution in [0.1, 0.15) is 38.5 Å². The molecule has 1 aliphatic rings. The number of aliphatic carboxylic acids is 1. The van der Waals surface area contributed by atoms with Crippen molar-refractivity contribution in [1.82, 2.24) is 10.6 Å². The van der Waals surface area contributed by atoms with Crippen LogP contribution < -0.4 is 10.6 Å². The number of nitrogens with one attached hydrogen (secondary N) is 2. The molecule has 1 saturated heterocycles. The molecule has 0 radical (unpaired) electrons. The summed E-state index contributed by atoms with van der Waals surface area (Å²) < 4.78 is 0. The smallest absolute Gasteiger partial charge is 0.326 e. The number of hydrogen-bond acceptors (Lipinski definition) is 4. The van der Waals surface area contributed by atoms with Gasteiger partial charge in [-0.15, -0.1) is 0 Å². The second-order valence-electron chi connectivity index (χ2n) is 4.62. The van der Waals surface area contributed by atoms with E-state index >= 15 is 0 Å². The fourth-order valence-electron chi connectivity index (χ4n) is 2.09. The van der Waals surface area contributed by atoms with E-state index < -0.39 is 12.0 Å². The number of carboxylic acids is 1. The maximum Gasteiger partial charge on any atom is 0.326 e. The lowest BCUT2D eigenvalue weighted by atomic mass is 10.0. The van der Waals surface area contributed by atoms with Gasteiger partial charge in [-0.05, 0) is 19.4 Å². The predicted molar refractivity (Wildman–Crippen MR) is 66.1 cm³/mol. The minimum absolute atomic E-state index is 0.0355. The number of carbonyl (C=O) groups is 2. The molecule has 1 heterocycles. The molecule has 1 unspecified atom stereocenters. The highest BCUT2D eigenvalue weighted by atomic mass is 16.4. The monoisotopic (exact) mass is 258 g/mol. The fourth-order valence-corrected chi connectivity index (χ4v) is 2.09. The number of hydrogen-bond donors (Lipinski definition) is 4. The van der Waals surface area contributed by atoms with Crippen molar-refractivity contribution < 1.29 is 19.8 Å². The Kier molecular flexibility index (Phi) is 6.67. The second kappa shape index (κ2) is 8.05. The van der Waals surface area contributed by atoms with Gasteiger partial charge in [-0.1, -0.05) is 19.3 Å². The summed E-state index contributed by atoms with van der Waals surface area (Å²) in [6.45, 7) is 0.533. The van der Waals surface area contributed by atoms with Crippen molar-refractivity contribution in [1.29, 1.82) is 0 Å². The van der Waals surface area contributed by atoms with Crippen molar-refractivity contribution in [2.75, 3.05) is 13.2 Å². The minimum atomic E-state index is -1.11. The first-order valence-corrected chi connectivity index (χ1v) is 6.52. The fraction of sp³-hybridized carbons (Fsp3) is 0.833. The summed E-state index contributed by atoms with van der Waals surface area (Å²) in [7, 11) is 0. The number of aliphatic hydroxyl groups is 1. The Morgan fingerprint density at radius 1 is 1.28 bits per heavy atom. The Morgan fingerprint density at radius 3 is 2.67 bits per heavy atom. The van der Waals surface area contributed by atoms with Gasteiger partial charge in [0.15, 0.2) is 0 Å². The van der Waals surface area contributed by atoms with E-state index in [0.29, 0.717) is 0 Å². The summed E-state index contributed by atoms with van der Waals surface area (Å²) in [6.07, 6.45) is 5.07. The quantitative estimate of drug-likeness (QED) is 0.550. The van der Waals surface area contributed by atoms with Gasteiger partial charge in [-0.3, -0.25) is 4.79 Å². The van der Waals surface area contributed by atoms with Crippen LogP contribution in [0.15, 0.2) is 0 Å². The number of amides is 1. The van der Waals surface area contributed by atoms with E-state index in [-0.39, 0.29) is 25.0 Å². The summed E-state index contributed by atoms with van der Waals surface area (Å²) in [5.74, 6) is -1.39. The molecule has 1 rings (SSSR count). The molecule has 0 aromatic heterocycles. The number of carboxylic acid groups (broad SMARTS) is 1. The summed E-state index contributed by atoms with van der Waals surface area (Å²) in [5, 5.41) is 23.3. The molecule has 1 fully saturated rings. The van der Waals surface area contributed by atoms with Crippen LogP contribution in [0, 0.1) is 0 Å². The van der Waals surface area contributed by atoms with Gasteiger partial charge in [-0.25, -0.2) is 4.79 Å². The number of aliphatic hydroxyl groups excluding tert-OH is 1. The van der Waals surface area contributed by atoms with Crippen LogP contribution in [0.4, 0.5) is 0 Å². The van der Waals surface area contributed by atoms with Gasteiger partial charge in [0.2, 0.25) is 5.91 Å². The van der Waals surface area contributed by atoms with E-state index in [4.69, 9.17) is 10.2 Å². The third-order valence-corrected chi connectivity index (χ3v) is 3.16. The third kappa shape index (κ3) is 5.01. The van der Waals surface area contributed by atoms with Crippen molar-refractivity contribution in [3.05, 3.63) is 0 Å². The van der Waals surface area contributed by atoms with Crippen molar-refractivity contribution in [3.8, 4) is 0 Å². The van der Waals surface area contributed by atoms with E-state index in [9.17, 15) is 9.59 Å². The summed E-state index contributed by atoms with van der Waals surface area (Å²) in [6, 6.07) is -1.32. The van der Waals surface area contributed by atoms with Gasteiger partial charge < -0.3 is 20.8 Å². The van der Waals surface area contributed by atoms with Gasteiger partial charge in [0.05, 0.1) is 6.04 Å². The molecule has 0 aromatic rings. The standard InChI is InChI=1S/C12H22N2O4/c15-8-6-10(12(17)18)14-11(16)9-5-3-1-2-4-7-13-9/h9-10,13,15H,1-8H2,(H,14,16)(H,17,18)/t9?,10-/m1/s1. The molecular formula is C12H22N2O4. The van der Waals surface area contributed by atoms with E-state index in [1.807, 2.05) is 0 Å². The molecule has 0 saturated carbocycles. The third-order valence-electron chi connectivity index (χ3n) is 3.16. The van der Waals surface area contributed by atoms with E-state index in [1.165, 1.54) is 6.42 Å². The zero-order chi connectivity index (χ0) is 13.4. The first-order valence-electron chi connectivity index (χ1n) is 6.52. The lowest BCUT2D eigenvalue weighted by Crippen LogP contribution is -2.50. The number of rotatable bonds is 5. The van der Waals surface area contributed by atoms with E-state index in [1.54, 1.807) is 0 Å². The average molecular weight is 258 g/mol. The molecular weight excluding hydrogens is 236 g/mol. The first-order chi connectivity index (χ1) is 8.65. The Bertz CT molecular complexity index is 275. The lowest BCUT2D eigenvalue weighted by Gasteiger charge is -2.22. The molecule has 0 aliphatic carbocycles. The van der Waals surface area contributed by atoms with Crippen LogP contribution in [0.25, 0.3) is 0 Å². The highest BCUT2D eigenvalue weighted by Gasteiger charge is 2.24. The maximum absolute atomic E-state index is 11.9. The van der Waals surface area contributed by atoms with Crippen molar-refractivity contribution in [3.63, 3.8) is 0 Å².